The molecule has 328 valence electrons. The maximum absolute atomic E-state index is 12.7. The number of phosphoric acid groups is 1. The molecule has 0 fully saturated rings. The van der Waals surface area contributed by atoms with Gasteiger partial charge in [-0.15, -0.1) is 0 Å². The van der Waals surface area contributed by atoms with Crippen molar-refractivity contribution in [2.24, 2.45) is 0 Å². The molecule has 0 aromatic rings. The summed E-state index contributed by atoms with van der Waals surface area (Å²) in [6.07, 6.45) is 53.0. The molecule has 1 N–H and O–H groups in total. The first kappa shape index (κ1) is 54.7. The number of ether oxygens (including phenoxy) is 2. The molecular formula is C48H79NO8P+. The molecule has 2 atom stereocenters. The van der Waals surface area contributed by atoms with Gasteiger partial charge in [0.15, 0.2) is 6.10 Å². The topological polar surface area (TPSA) is 108 Å². The minimum absolute atomic E-state index is 0.00833. The van der Waals surface area contributed by atoms with Crippen LogP contribution in [-0.4, -0.2) is 74.9 Å². The first-order chi connectivity index (χ1) is 28.0. The molecule has 10 heteroatoms. The van der Waals surface area contributed by atoms with E-state index in [4.69, 9.17) is 18.5 Å². The number of esters is 2. The second-order valence-corrected chi connectivity index (χ2v) is 16.4. The number of carbonyl (C=O) groups is 2. The minimum atomic E-state index is -4.41. The van der Waals surface area contributed by atoms with Crippen molar-refractivity contribution < 1.29 is 42.1 Å². The number of unbranched alkanes of at least 4 members (excludes halogenated alkanes) is 5. The fourth-order valence-electron chi connectivity index (χ4n) is 4.99. The zero-order chi connectivity index (χ0) is 42.8. The Morgan fingerprint density at radius 2 is 0.966 bits per heavy atom. The number of allylic oxidation sites excluding steroid dienone is 18. The van der Waals surface area contributed by atoms with E-state index in [0.29, 0.717) is 23.9 Å². The van der Waals surface area contributed by atoms with Crippen LogP contribution in [0.15, 0.2) is 109 Å². The average Bonchev–Trinajstić information content (AvgIpc) is 3.17. The van der Waals surface area contributed by atoms with E-state index >= 15 is 0 Å². The van der Waals surface area contributed by atoms with E-state index in [0.717, 1.165) is 89.9 Å². The lowest BCUT2D eigenvalue weighted by atomic mass is 10.1. The maximum atomic E-state index is 12.7. The van der Waals surface area contributed by atoms with Crippen LogP contribution in [0.4, 0.5) is 0 Å². The van der Waals surface area contributed by atoms with E-state index in [1.165, 1.54) is 0 Å². The highest BCUT2D eigenvalue weighted by Gasteiger charge is 2.27. The molecular weight excluding hydrogens is 750 g/mol. The quantitative estimate of drug-likeness (QED) is 0.0217. The van der Waals surface area contributed by atoms with Crippen molar-refractivity contribution in [1.29, 1.82) is 0 Å². The number of likely N-dealkylation sites (N-methyl/N-ethyl adjacent to an activating group) is 1. The lowest BCUT2D eigenvalue weighted by molar-refractivity contribution is -0.870. The Balaban J connectivity index is 4.56. The molecule has 0 saturated carbocycles. The van der Waals surface area contributed by atoms with Gasteiger partial charge in [0.1, 0.15) is 19.8 Å². The third-order valence-electron chi connectivity index (χ3n) is 8.31. The van der Waals surface area contributed by atoms with Gasteiger partial charge in [-0.3, -0.25) is 18.6 Å². The Labute approximate surface area is 353 Å². The monoisotopic (exact) mass is 829 g/mol. The van der Waals surface area contributed by atoms with Crippen LogP contribution in [-0.2, 0) is 32.7 Å². The lowest BCUT2D eigenvalue weighted by Gasteiger charge is -2.24. The summed E-state index contributed by atoms with van der Waals surface area (Å²) in [4.78, 5) is 35.3. The highest BCUT2D eigenvalue weighted by Crippen LogP contribution is 2.43. The number of rotatable bonds is 37. The summed E-state index contributed by atoms with van der Waals surface area (Å²) in [6, 6.07) is 0. The normalized spacial score (nSPS) is 14.7. The Hall–Kier alpha value is -3.33. The van der Waals surface area contributed by atoms with Gasteiger partial charge in [-0.05, 0) is 83.5 Å². The number of phosphoric ester groups is 1. The molecule has 0 amide bonds. The first-order valence-electron chi connectivity index (χ1n) is 21.6. The van der Waals surface area contributed by atoms with Crippen LogP contribution in [0.25, 0.3) is 0 Å². The van der Waals surface area contributed by atoms with Crippen LogP contribution < -0.4 is 0 Å². The Bertz CT molecular complexity index is 1350. The van der Waals surface area contributed by atoms with Crippen LogP contribution in [0.1, 0.15) is 129 Å². The van der Waals surface area contributed by atoms with Crippen LogP contribution in [0.2, 0.25) is 0 Å². The fraction of sp³-hybridized carbons (Fsp3) is 0.583. The zero-order valence-electron chi connectivity index (χ0n) is 36.7. The Morgan fingerprint density at radius 1 is 0.534 bits per heavy atom. The molecule has 1 unspecified atom stereocenters. The zero-order valence-corrected chi connectivity index (χ0v) is 37.6. The molecule has 58 heavy (non-hydrogen) atoms. The van der Waals surface area contributed by atoms with Gasteiger partial charge in [-0.2, -0.15) is 0 Å². The number of hydrogen-bond acceptors (Lipinski definition) is 7. The highest BCUT2D eigenvalue weighted by molar-refractivity contribution is 7.47. The number of nitrogens with zero attached hydrogens (tertiary/aromatic N) is 1. The molecule has 9 nitrogen and oxygen atoms in total. The van der Waals surface area contributed by atoms with Gasteiger partial charge in [0.2, 0.25) is 0 Å². The molecule has 0 bridgehead atoms. The van der Waals surface area contributed by atoms with E-state index in [1.807, 2.05) is 33.3 Å². The number of carbonyl (C=O) groups excluding carboxylic acids is 2. The van der Waals surface area contributed by atoms with E-state index in [9.17, 15) is 19.0 Å². The van der Waals surface area contributed by atoms with Crippen LogP contribution in [0, 0.1) is 0 Å². The number of quaternary nitrogens is 1. The molecule has 0 radical (unpaired) electrons. The van der Waals surface area contributed by atoms with Gasteiger partial charge >= 0.3 is 19.8 Å². The second-order valence-electron chi connectivity index (χ2n) is 15.0. The van der Waals surface area contributed by atoms with Crippen molar-refractivity contribution in [3.63, 3.8) is 0 Å². The fourth-order valence-corrected chi connectivity index (χ4v) is 5.73. The second kappa shape index (κ2) is 39.1. The molecule has 0 aromatic carbocycles. The lowest BCUT2D eigenvalue weighted by Crippen LogP contribution is -2.37. The third kappa shape index (κ3) is 42.3. The predicted molar refractivity (Wildman–Crippen MR) is 242 cm³/mol. The predicted octanol–water partition coefficient (Wildman–Crippen LogP) is 12.3. The van der Waals surface area contributed by atoms with Crippen molar-refractivity contribution >= 4 is 19.8 Å². The minimum Gasteiger partial charge on any atom is -0.462 e. The summed E-state index contributed by atoms with van der Waals surface area (Å²) < 4.78 is 34.2. The molecule has 0 aliphatic heterocycles. The molecule has 0 aliphatic rings. The summed E-state index contributed by atoms with van der Waals surface area (Å²) in [5.74, 6) is -0.930. The van der Waals surface area contributed by atoms with Gasteiger partial charge in [0, 0.05) is 12.8 Å². The van der Waals surface area contributed by atoms with Gasteiger partial charge in [-0.1, -0.05) is 142 Å². The summed E-state index contributed by atoms with van der Waals surface area (Å²) in [7, 11) is 1.40. The molecule has 0 aromatic heterocycles. The van der Waals surface area contributed by atoms with Crippen LogP contribution in [0.3, 0.4) is 0 Å². The van der Waals surface area contributed by atoms with Crippen molar-refractivity contribution in [1.82, 2.24) is 0 Å². The summed E-state index contributed by atoms with van der Waals surface area (Å²) in [5.41, 5.74) is 0. The number of hydrogen-bond donors (Lipinski definition) is 1. The smallest absolute Gasteiger partial charge is 0.462 e. The van der Waals surface area contributed by atoms with Gasteiger partial charge in [0.25, 0.3) is 0 Å². The third-order valence-corrected chi connectivity index (χ3v) is 9.30. The van der Waals surface area contributed by atoms with Crippen molar-refractivity contribution in [2.75, 3.05) is 47.5 Å². The van der Waals surface area contributed by atoms with Crippen LogP contribution in [0.5, 0.6) is 0 Å². The van der Waals surface area contributed by atoms with Crippen molar-refractivity contribution in [3.05, 3.63) is 109 Å². The average molecular weight is 829 g/mol. The van der Waals surface area contributed by atoms with Crippen LogP contribution >= 0.6 is 7.82 Å². The summed E-state index contributed by atoms with van der Waals surface area (Å²) in [6.45, 7) is 4.05. The summed E-state index contributed by atoms with van der Waals surface area (Å²) in [5, 5.41) is 0. The van der Waals surface area contributed by atoms with Crippen molar-refractivity contribution in [3.8, 4) is 0 Å². The molecule has 0 saturated heterocycles. The van der Waals surface area contributed by atoms with Gasteiger partial charge in [-0.25, -0.2) is 4.57 Å². The largest absolute Gasteiger partial charge is 0.472 e. The SMILES string of the molecule is CC/C=C/C/C=C/C/C=C/C/C=C/C/C=C/C/C=C/CCC(=O)O[C@H](COC(=O)CCCCCCC/C=C/C/C=C/C/C=C/CC)COP(=O)(O)OCC[N+](C)(C)C. The van der Waals surface area contributed by atoms with E-state index < -0.39 is 32.5 Å². The van der Waals surface area contributed by atoms with E-state index in [-0.39, 0.29) is 26.1 Å². The maximum Gasteiger partial charge on any atom is 0.472 e. The van der Waals surface area contributed by atoms with Gasteiger partial charge in [0.05, 0.1) is 27.7 Å². The molecule has 0 heterocycles. The first-order valence-corrected chi connectivity index (χ1v) is 23.1. The summed E-state index contributed by atoms with van der Waals surface area (Å²) >= 11 is 0. The molecule has 0 rings (SSSR count). The highest BCUT2D eigenvalue weighted by atomic mass is 31.2. The molecule has 0 aliphatic carbocycles. The van der Waals surface area contributed by atoms with E-state index in [2.05, 4.69) is 111 Å². The Kier molecular flexibility index (Phi) is 36.9. The van der Waals surface area contributed by atoms with Crippen molar-refractivity contribution in [2.45, 2.75) is 136 Å². The van der Waals surface area contributed by atoms with E-state index in [1.54, 1.807) is 0 Å². The molecule has 0 spiro atoms. The van der Waals surface area contributed by atoms with Gasteiger partial charge < -0.3 is 18.9 Å². The standard InChI is InChI=1S/C48H78NO8P/c1-6-8-10-12-14-16-18-20-22-23-24-25-27-29-31-33-35-37-39-41-48(51)57-46(45-56-58(52,53)55-43-42-49(3,4)5)44-54-47(50)40-38-36-34-32-30-28-26-21-19-17-15-13-11-9-7-2/h8-11,14-17,20-22,24-26,29,31,35,37,46H,6-7,12-13,18-19,23,27-28,30,32-34,36,38-45H2,1-5H3/p+1/b10-8+,11-9+,16-14+,17-15+,22-20+,25-24+,26-21+,31-29+,37-35+/t46-/m1/s1. The Morgan fingerprint density at radius 3 is 1.45 bits per heavy atom.